The molecule has 11 heavy (non-hydrogen) atoms. The second-order valence-electron chi connectivity index (χ2n) is 3.29. The molecule has 2 aliphatic rings. The molecule has 2 nitrogen and oxygen atoms in total. The predicted molar refractivity (Wildman–Crippen MR) is 51.5 cm³/mol. The van der Waals surface area contributed by atoms with Gasteiger partial charge in [-0.05, 0) is 19.3 Å². The lowest BCUT2D eigenvalue weighted by Crippen LogP contribution is -2.40. The van der Waals surface area contributed by atoms with Crippen molar-refractivity contribution >= 4 is 24.8 Å². The van der Waals surface area contributed by atoms with Crippen molar-refractivity contribution in [1.29, 1.82) is 0 Å². The molecule has 0 radical (unpaired) electrons. The van der Waals surface area contributed by atoms with Gasteiger partial charge in [0, 0.05) is 12.1 Å². The van der Waals surface area contributed by atoms with Crippen molar-refractivity contribution in [3.05, 3.63) is 0 Å². The van der Waals surface area contributed by atoms with Crippen LogP contribution in [0.5, 0.6) is 0 Å². The van der Waals surface area contributed by atoms with Gasteiger partial charge in [-0.25, -0.2) is 0 Å². The average Bonchev–Trinajstić information content (AvgIpc) is 2.45. The van der Waals surface area contributed by atoms with Crippen LogP contribution in [0.1, 0.15) is 32.1 Å². The van der Waals surface area contributed by atoms with Crippen LogP contribution >= 0.6 is 24.8 Å². The third-order valence-corrected chi connectivity index (χ3v) is 2.64. The summed E-state index contributed by atoms with van der Waals surface area (Å²) in [5.74, 6) is 0. The first-order valence-electron chi connectivity index (χ1n) is 3.91. The Labute approximate surface area is 80.3 Å². The van der Waals surface area contributed by atoms with Gasteiger partial charge in [0.2, 0.25) is 0 Å². The summed E-state index contributed by atoms with van der Waals surface area (Å²) in [6.45, 7) is 1.17. The van der Waals surface area contributed by atoms with Gasteiger partial charge in [0.1, 0.15) is 0 Å². The van der Waals surface area contributed by atoms with Crippen molar-refractivity contribution in [2.45, 2.75) is 37.6 Å². The summed E-state index contributed by atoms with van der Waals surface area (Å²) >= 11 is 0. The number of hydrazine groups is 1. The molecule has 0 aromatic rings. The van der Waals surface area contributed by atoms with Crippen LogP contribution in [0.25, 0.3) is 0 Å². The molecule has 0 aromatic carbocycles. The van der Waals surface area contributed by atoms with E-state index in [1.807, 2.05) is 0 Å². The van der Waals surface area contributed by atoms with E-state index < -0.39 is 0 Å². The molecule has 1 spiro atoms. The highest BCUT2D eigenvalue weighted by Gasteiger charge is 2.35. The highest BCUT2D eigenvalue weighted by molar-refractivity contribution is 5.85. The SMILES string of the molecule is C1CCC2(C1)CCNN2.Cl.Cl. The van der Waals surface area contributed by atoms with Gasteiger partial charge in [-0.1, -0.05) is 12.8 Å². The highest BCUT2D eigenvalue weighted by Crippen LogP contribution is 2.33. The van der Waals surface area contributed by atoms with Crippen molar-refractivity contribution in [2.75, 3.05) is 6.54 Å². The van der Waals surface area contributed by atoms with Gasteiger partial charge in [-0.3, -0.25) is 10.9 Å². The lowest BCUT2D eigenvalue weighted by atomic mass is 9.96. The minimum atomic E-state index is 0. The molecule has 0 aromatic heterocycles. The molecule has 1 saturated carbocycles. The highest BCUT2D eigenvalue weighted by atomic mass is 35.5. The van der Waals surface area contributed by atoms with Crippen molar-refractivity contribution in [2.24, 2.45) is 0 Å². The maximum Gasteiger partial charge on any atom is 0.0336 e. The van der Waals surface area contributed by atoms with Gasteiger partial charge in [-0.15, -0.1) is 24.8 Å². The monoisotopic (exact) mass is 198 g/mol. The van der Waals surface area contributed by atoms with E-state index in [2.05, 4.69) is 10.9 Å². The minimum absolute atomic E-state index is 0. The number of nitrogens with one attached hydrogen (secondary N) is 2. The van der Waals surface area contributed by atoms with Crippen LogP contribution < -0.4 is 10.9 Å². The standard InChI is InChI=1S/C7H14N2.2ClH/c1-2-4-7(3-1)5-6-8-9-7;;/h8-9H,1-6H2;2*1H. The molecule has 2 fully saturated rings. The zero-order valence-electron chi connectivity index (χ0n) is 6.56. The zero-order chi connectivity index (χ0) is 6.16. The molecule has 4 heteroatoms. The summed E-state index contributed by atoms with van der Waals surface area (Å²) in [4.78, 5) is 0. The van der Waals surface area contributed by atoms with Crippen LogP contribution in [0.15, 0.2) is 0 Å². The van der Waals surface area contributed by atoms with Crippen LogP contribution in [0.4, 0.5) is 0 Å². The molecular weight excluding hydrogens is 183 g/mol. The molecule has 2 rings (SSSR count). The van der Waals surface area contributed by atoms with Crippen LogP contribution in [0.2, 0.25) is 0 Å². The number of hydrogen-bond acceptors (Lipinski definition) is 2. The quantitative estimate of drug-likeness (QED) is 0.619. The zero-order valence-corrected chi connectivity index (χ0v) is 8.19. The molecule has 0 amide bonds. The molecule has 68 valence electrons. The number of hydrogen-bond donors (Lipinski definition) is 2. The molecule has 1 saturated heterocycles. The largest absolute Gasteiger partial charge is 0.257 e. The van der Waals surface area contributed by atoms with Gasteiger partial charge >= 0.3 is 0 Å². The van der Waals surface area contributed by atoms with E-state index >= 15 is 0 Å². The fourth-order valence-corrected chi connectivity index (χ4v) is 2.04. The van der Waals surface area contributed by atoms with Crippen LogP contribution in [-0.4, -0.2) is 12.1 Å². The van der Waals surface area contributed by atoms with Crippen LogP contribution in [0, 0.1) is 0 Å². The van der Waals surface area contributed by atoms with Gasteiger partial charge in [0.15, 0.2) is 0 Å². The first-order chi connectivity index (χ1) is 4.41. The van der Waals surface area contributed by atoms with E-state index in [9.17, 15) is 0 Å². The number of rotatable bonds is 0. The van der Waals surface area contributed by atoms with Crippen molar-refractivity contribution in [3.8, 4) is 0 Å². The van der Waals surface area contributed by atoms with E-state index in [-0.39, 0.29) is 24.8 Å². The van der Waals surface area contributed by atoms with Gasteiger partial charge in [0.05, 0.1) is 0 Å². The summed E-state index contributed by atoms with van der Waals surface area (Å²) in [5, 5.41) is 0. The molecule has 1 aliphatic heterocycles. The fourth-order valence-electron chi connectivity index (χ4n) is 2.04. The summed E-state index contributed by atoms with van der Waals surface area (Å²) in [5.41, 5.74) is 7.11. The Morgan fingerprint density at radius 2 is 1.55 bits per heavy atom. The van der Waals surface area contributed by atoms with Crippen molar-refractivity contribution in [3.63, 3.8) is 0 Å². The molecular formula is C7H16Cl2N2. The lowest BCUT2D eigenvalue weighted by Gasteiger charge is -2.20. The Bertz CT molecular complexity index is 89.5. The Balaban J connectivity index is 0.000000500. The maximum atomic E-state index is 3.38. The third-order valence-electron chi connectivity index (χ3n) is 2.64. The summed E-state index contributed by atoms with van der Waals surface area (Å²) in [7, 11) is 0. The van der Waals surface area contributed by atoms with Crippen molar-refractivity contribution < 1.29 is 0 Å². The Morgan fingerprint density at radius 1 is 0.909 bits per heavy atom. The summed E-state index contributed by atoms with van der Waals surface area (Å²) in [6, 6.07) is 0. The van der Waals surface area contributed by atoms with Crippen LogP contribution in [-0.2, 0) is 0 Å². The van der Waals surface area contributed by atoms with E-state index in [0.717, 1.165) is 0 Å². The lowest BCUT2D eigenvalue weighted by molar-refractivity contribution is 0.367. The van der Waals surface area contributed by atoms with Gasteiger partial charge in [-0.2, -0.15) is 0 Å². The molecule has 1 heterocycles. The van der Waals surface area contributed by atoms with Crippen molar-refractivity contribution in [1.82, 2.24) is 10.9 Å². The predicted octanol–water partition coefficient (Wildman–Crippen LogP) is 1.64. The first kappa shape index (κ1) is 11.5. The van der Waals surface area contributed by atoms with E-state index in [1.54, 1.807) is 0 Å². The smallest absolute Gasteiger partial charge is 0.0336 e. The van der Waals surface area contributed by atoms with E-state index in [4.69, 9.17) is 0 Å². The Morgan fingerprint density at radius 3 is 2.00 bits per heavy atom. The van der Waals surface area contributed by atoms with Crippen LogP contribution in [0.3, 0.4) is 0 Å². The molecule has 2 N–H and O–H groups in total. The summed E-state index contributed by atoms with van der Waals surface area (Å²) in [6.07, 6.45) is 6.97. The second kappa shape index (κ2) is 4.51. The molecule has 0 unspecified atom stereocenters. The molecule has 0 bridgehead atoms. The number of halogens is 2. The first-order valence-corrected chi connectivity index (χ1v) is 3.91. The fraction of sp³-hybridized carbons (Fsp3) is 1.00. The van der Waals surface area contributed by atoms with Gasteiger partial charge in [0.25, 0.3) is 0 Å². The average molecular weight is 199 g/mol. The maximum absolute atomic E-state index is 3.38. The topological polar surface area (TPSA) is 24.1 Å². The van der Waals surface area contributed by atoms with E-state index in [1.165, 1.54) is 38.6 Å². The third kappa shape index (κ3) is 2.22. The Hall–Kier alpha value is 0.500. The van der Waals surface area contributed by atoms with E-state index in [0.29, 0.717) is 5.54 Å². The normalized spacial score (nSPS) is 26.2. The molecule has 1 aliphatic carbocycles. The Kier molecular flexibility index (Phi) is 4.71. The summed E-state index contributed by atoms with van der Waals surface area (Å²) < 4.78 is 0. The molecule has 0 atom stereocenters. The second-order valence-corrected chi connectivity index (χ2v) is 3.29. The van der Waals surface area contributed by atoms with Gasteiger partial charge < -0.3 is 0 Å². The minimum Gasteiger partial charge on any atom is -0.257 e.